The molecule has 1 amide bonds. The van der Waals surface area contributed by atoms with Gasteiger partial charge in [0.05, 0.1) is 6.61 Å². The molecule has 5 rings (SSSR count). The number of thioether (sulfide) groups is 1. The molecule has 39 heavy (non-hydrogen) atoms. The van der Waals surface area contributed by atoms with E-state index < -0.39 is 24.1 Å². The van der Waals surface area contributed by atoms with Gasteiger partial charge in [0, 0.05) is 30.7 Å². The van der Waals surface area contributed by atoms with Gasteiger partial charge in [0.15, 0.2) is 29.3 Å². The summed E-state index contributed by atoms with van der Waals surface area (Å²) in [6.07, 6.45) is 6.90. The van der Waals surface area contributed by atoms with E-state index in [4.69, 9.17) is 32.7 Å². The van der Waals surface area contributed by atoms with Crippen molar-refractivity contribution in [2.45, 2.75) is 56.6 Å². The molecule has 2 saturated carbocycles. The van der Waals surface area contributed by atoms with E-state index in [-0.39, 0.29) is 23.8 Å². The van der Waals surface area contributed by atoms with Gasteiger partial charge in [-0.1, -0.05) is 29.3 Å². The van der Waals surface area contributed by atoms with Crippen molar-refractivity contribution in [3.05, 3.63) is 51.8 Å². The van der Waals surface area contributed by atoms with Crippen LogP contribution in [-0.4, -0.2) is 47.7 Å². The van der Waals surface area contributed by atoms with Crippen molar-refractivity contribution >= 4 is 46.8 Å². The smallest absolute Gasteiger partial charge is 0.387 e. The number of pyridine rings is 1. The molecule has 210 valence electrons. The zero-order chi connectivity index (χ0) is 27.5. The van der Waals surface area contributed by atoms with Crippen molar-refractivity contribution in [3.63, 3.8) is 0 Å². The Morgan fingerprint density at radius 2 is 1.79 bits per heavy atom. The van der Waals surface area contributed by atoms with Crippen molar-refractivity contribution in [1.82, 2.24) is 4.90 Å². The van der Waals surface area contributed by atoms with Crippen LogP contribution >= 0.6 is 35.0 Å². The van der Waals surface area contributed by atoms with E-state index in [0.29, 0.717) is 58.3 Å². The molecule has 3 aliphatic rings. The highest BCUT2D eigenvalue weighted by Gasteiger charge is 2.39. The van der Waals surface area contributed by atoms with Crippen LogP contribution in [0.5, 0.6) is 11.5 Å². The maximum atomic E-state index is 13.5. The van der Waals surface area contributed by atoms with Crippen LogP contribution in [0, 0.1) is 11.8 Å². The zero-order valence-corrected chi connectivity index (χ0v) is 23.4. The highest BCUT2D eigenvalue weighted by atomic mass is 35.5. The second kappa shape index (κ2) is 12.5. The number of rotatable bonds is 12. The highest BCUT2D eigenvalue weighted by Crippen LogP contribution is 2.39. The second-order valence-electron chi connectivity index (χ2n) is 10.1. The summed E-state index contributed by atoms with van der Waals surface area (Å²) < 4.78 is 42.7. The van der Waals surface area contributed by atoms with Crippen molar-refractivity contribution in [1.29, 1.82) is 0 Å². The summed E-state index contributed by atoms with van der Waals surface area (Å²) in [4.78, 5) is 30.7. The van der Waals surface area contributed by atoms with Crippen LogP contribution in [0.15, 0.2) is 30.6 Å². The fourth-order valence-electron chi connectivity index (χ4n) is 4.41. The lowest BCUT2D eigenvalue weighted by molar-refractivity contribution is -0.377. The summed E-state index contributed by atoms with van der Waals surface area (Å²) in [5, 5.41) is -0.0633. The van der Waals surface area contributed by atoms with E-state index in [9.17, 15) is 18.4 Å². The normalized spacial score (nSPS) is 19.7. The first-order valence-corrected chi connectivity index (χ1v) is 14.8. The maximum Gasteiger partial charge on any atom is 0.387 e. The summed E-state index contributed by atoms with van der Waals surface area (Å²) in [6, 6.07) is 4.48. The Morgan fingerprint density at radius 3 is 2.46 bits per heavy atom. The Hall–Kier alpha value is -2.30. The number of ether oxygens (including phenoxy) is 3. The molecule has 2 atom stereocenters. The number of H-pyrrole nitrogens is 1. The molecule has 0 spiro atoms. The number of nitrogens with one attached hydrogen (secondary N) is 1. The lowest BCUT2D eigenvalue weighted by atomic mass is 10.0. The minimum absolute atomic E-state index is 0.0463. The largest absolute Gasteiger partial charge is 0.489 e. The average molecular weight is 603 g/mol. The molecule has 1 aliphatic heterocycles. The Labute approximate surface area is 239 Å². The Bertz CT molecular complexity index is 1190. The van der Waals surface area contributed by atoms with Crippen molar-refractivity contribution < 1.29 is 37.6 Å². The lowest BCUT2D eigenvalue weighted by Gasteiger charge is -2.26. The van der Waals surface area contributed by atoms with E-state index in [1.54, 1.807) is 29.4 Å². The molecule has 3 fully saturated rings. The van der Waals surface area contributed by atoms with Crippen LogP contribution in [0.1, 0.15) is 49.3 Å². The maximum absolute atomic E-state index is 13.5. The van der Waals surface area contributed by atoms with Gasteiger partial charge in [0.1, 0.15) is 16.1 Å². The van der Waals surface area contributed by atoms with Gasteiger partial charge in [-0.2, -0.15) is 8.78 Å². The summed E-state index contributed by atoms with van der Waals surface area (Å²) in [6.45, 7) is -2.17. The van der Waals surface area contributed by atoms with Gasteiger partial charge < -0.3 is 19.1 Å². The van der Waals surface area contributed by atoms with Crippen molar-refractivity contribution in [2.24, 2.45) is 11.8 Å². The number of esters is 1. The molecule has 7 nitrogen and oxygen atoms in total. The van der Waals surface area contributed by atoms with Crippen LogP contribution in [-0.2, 0) is 20.7 Å². The second-order valence-corrected chi connectivity index (χ2v) is 12.1. The molecule has 0 bridgehead atoms. The van der Waals surface area contributed by atoms with Gasteiger partial charge in [0.25, 0.3) is 0 Å². The number of nitrogens with zero attached hydrogens (tertiary/aromatic N) is 1. The SMILES string of the molecule is O=C(O[C@@H](Cc1c(Cl)c[nH+]cc1Cl)c1ccc(OC(F)F)c(OCC2CC2)c1)[C@@H]1SCCN1C(=O)CC1CC1. The fraction of sp³-hybridized carbons (Fsp3) is 0.519. The van der Waals surface area contributed by atoms with Crippen LogP contribution in [0.3, 0.4) is 0 Å². The Morgan fingerprint density at radius 1 is 1.08 bits per heavy atom. The number of amides is 1. The van der Waals surface area contributed by atoms with Gasteiger partial charge in [-0.25, -0.2) is 9.78 Å². The van der Waals surface area contributed by atoms with Crippen LogP contribution in [0.4, 0.5) is 8.78 Å². The van der Waals surface area contributed by atoms with Crippen LogP contribution in [0.2, 0.25) is 10.0 Å². The number of aromatic amines is 1. The number of carbonyl (C=O) groups excluding carboxylic acids is 2. The van der Waals surface area contributed by atoms with Gasteiger partial charge in [0.2, 0.25) is 5.91 Å². The number of carbonyl (C=O) groups is 2. The number of aromatic nitrogens is 1. The predicted octanol–water partition coefficient (Wildman–Crippen LogP) is 5.73. The lowest BCUT2D eigenvalue weighted by Crippen LogP contribution is -2.41. The van der Waals surface area contributed by atoms with Gasteiger partial charge in [-0.05, 0) is 55.2 Å². The molecule has 1 aromatic heterocycles. The quantitative estimate of drug-likeness (QED) is 0.289. The molecule has 2 aromatic rings. The summed E-state index contributed by atoms with van der Waals surface area (Å²) in [7, 11) is 0. The summed E-state index contributed by atoms with van der Waals surface area (Å²) in [5.74, 6) is 0.827. The minimum Gasteiger partial charge on any atom is -0.489 e. The summed E-state index contributed by atoms with van der Waals surface area (Å²) in [5.41, 5.74) is 1.04. The Kier molecular flexibility index (Phi) is 9.03. The van der Waals surface area contributed by atoms with Crippen LogP contribution < -0.4 is 14.5 Å². The number of halogens is 4. The standard InChI is InChI=1S/C27H28Cl2F2N2O5S/c28-19-12-32-13-20(29)18(19)11-22(37-26(35)25-33(7-8-39-25)24(34)9-15-1-2-15)17-5-6-21(38-27(30)31)23(10-17)36-14-16-3-4-16/h5-6,10,12-13,15-16,22,25,27H,1-4,7-9,11,14H2/p+1/t22-,25-/m0/s1. The first-order chi connectivity index (χ1) is 18.8. The molecule has 12 heteroatoms. The third kappa shape index (κ3) is 7.46. The van der Waals surface area contributed by atoms with E-state index >= 15 is 0 Å². The third-order valence-corrected chi connectivity index (χ3v) is 8.80. The average Bonchev–Trinajstić information content (AvgIpc) is 3.83. The first-order valence-electron chi connectivity index (χ1n) is 13.0. The van der Waals surface area contributed by atoms with E-state index in [0.717, 1.165) is 25.7 Å². The molecule has 0 radical (unpaired) electrons. The number of benzene rings is 1. The molecule has 0 unspecified atom stereocenters. The van der Waals surface area contributed by atoms with Crippen LogP contribution in [0.25, 0.3) is 0 Å². The monoisotopic (exact) mass is 601 g/mol. The molecule has 2 heterocycles. The van der Waals surface area contributed by atoms with Crippen molar-refractivity contribution in [3.8, 4) is 11.5 Å². The van der Waals surface area contributed by atoms with Gasteiger partial charge in [-0.3, -0.25) is 4.79 Å². The molecule has 1 aromatic carbocycles. The third-order valence-electron chi connectivity index (χ3n) is 6.94. The molecular weight excluding hydrogens is 573 g/mol. The van der Waals surface area contributed by atoms with Gasteiger partial charge in [-0.15, -0.1) is 11.8 Å². The number of hydrogen-bond donors (Lipinski definition) is 0. The fourth-order valence-corrected chi connectivity index (χ4v) is 6.06. The predicted molar refractivity (Wildman–Crippen MR) is 142 cm³/mol. The minimum atomic E-state index is -3.02. The molecule has 1 saturated heterocycles. The zero-order valence-electron chi connectivity index (χ0n) is 21.0. The molecule has 2 aliphatic carbocycles. The van der Waals surface area contributed by atoms with E-state index in [1.807, 2.05) is 0 Å². The van der Waals surface area contributed by atoms with Crippen molar-refractivity contribution in [2.75, 3.05) is 18.9 Å². The van der Waals surface area contributed by atoms with Gasteiger partial charge >= 0.3 is 12.6 Å². The Balaban J connectivity index is 1.41. The molecule has 1 N–H and O–H groups in total. The first kappa shape index (κ1) is 28.2. The number of hydrogen-bond acceptors (Lipinski definition) is 6. The van der Waals surface area contributed by atoms with E-state index in [1.165, 1.54) is 17.8 Å². The highest BCUT2D eigenvalue weighted by molar-refractivity contribution is 8.00. The number of alkyl halides is 2. The molecular formula is C27H29Cl2F2N2O5S+. The topological polar surface area (TPSA) is 79.2 Å². The summed E-state index contributed by atoms with van der Waals surface area (Å²) >= 11 is 14.2. The van der Waals surface area contributed by atoms with E-state index in [2.05, 4.69) is 9.72 Å².